The molecule has 17 heavy (non-hydrogen) atoms. The Hall–Kier alpha value is -0.880. The summed E-state index contributed by atoms with van der Waals surface area (Å²) in [6.45, 7) is 3.10. The Morgan fingerprint density at radius 3 is 2.47 bits per heavy atom. The average molecular weight is 258 g/mol. The summed E-state index contributed by atoms with van der Waals surface area (Å²) in [6.07, 6.45) is 3.50. The first kappa shape index (κ1) is 12.6. The van der Waals surface area contributed by atoms with Crippen LogP contribution in [0.2, 0.25) is 0 Å². The molecule has 0 saturated carbocycles. The molecule has 0 bridgehead atoms. The van der Waals surface area contributed by atoms with Gasteiger partial charge in [-0.2, -0.15) is 0 Å². The zero-order valence-electron chi connectivity index (χ0n) is 9.93. The minimum Gasteiger partial charge on any atom is -0.343 e. The maximum Gasteiger partial charge on any atom is 0.219 e. The van der Waals surface area contributed by atoms with Crippen LogP contribution < -0.4 is 5.32 Å². The minimum absolute atomic E-state index is 0.0612. The van der Waals surface area contributed by atoms with Crippen LogP contribution in [0.3, 0.4) is 0 Å². The van der Waals surface area contributed by atoms with Crippen LogP contribution in [0.15, 0.2) is 11.5 Å². The second-order valence-electron chi connectivity index (χ2n) is 4.71. The van der Waals surface area contributed by atoms with Gasteiger partial charge in [-0.05, 0) is 12.8 Å². The Labute approximate surface area is 102 Å². The van der Waals surface area contributed by atoms with Gasteiger partial charge in [-0.3, -0.25) is 4.79 Å². The molecule has 96 valence electrons. The number of nitrogens with one attached hydrogen (secondary N) is 1. The highest BCUT2D eigenvalue weighted by Crippen LogP contribution is 2.14. The van der Waals surface area contributed by atoms with Crippen molar-refractivity contribution in [1.29, 1.82) is 0 Å². The number of likely N-dealkylation sites (tertiary alicyclic amines) is 1. The third-order valence-electron chi connectivity index (χ3n) is 3.32. The van der Waals surface area contributed by atoms with Crippen LogP contribution in [0, 0.1) is 0 Å². The highest BCUT2D eigenvalue weighted by atomic mass is 32.2. The number of carbonyl (C=O) groups excluding carboxylic acids is 1. The van der Waals surface area contributed by atoms with Crippen LogP contribution >= 0.6 is 0 Å². The first-order valence-corrected chi connectivity index (χ1v) is 7.60. The number of sulfone groups is 1. The van der Waals surface area contributed by atoms with Gasteiger partial charge >= 0.3 is 0 Å². The number of carbonyl (C=O) groups is 1. The first-order valence-electron chi connectivity index (χ1n) is 5.89. The van der Waals surface area contributed by atoms with Crippen molar-refractivity contribution in [3.05, 3.63) is 11.5 Å². The van der Waals surface area contributed by atoms with Crippen molar-refractivity contribution in [3.8, 4) is 0 Å². The van der Waals surface area contributed by atoms with E-state index in [9.17, 15) is 13.2 Å². The Morgan fingerprint density at radius 2 is 2.00 bits per heavy atom. The van der Waals surface area contributed by atoms with Gasteiger partial charge < -0.3 is 10.2 Å². The SMILES string of the molecule is CC(=O)N1CCC(NC2C=CS(=O)(=O)C2)CC1. The predicted octanol–water partition coefficient (Wildman–Crippen LogP) is -0.102. The number of nitrogens with zero attached hydrogens (tertiary/aromatic N) is 1. The van der Waals surface area contributed by atoms with E-state index in [1.807, 2.05) is 4.90 Å². The summed E-state index contributed by atoms with van der Waals surface area (Å²) in [6, 6.07) is 0.252. The lowest BCUT2D eigenvalue weighted by atomic mass is 10.0. The topological polar surface area (TPSA) is 66.5 Å². The van der Waals surface area contributed by atoms with Crippen LogP contribution in [-0.2, 0) is 14.6 Å². The molecule has 0 spiro atoms. The van der Waals surface area contributed by atoms with Gasteiger partial charge in [0.1, 0.15) is 0 Å². The van der Waals surface area contributed by atoms with E-state index in [0.29, 0.717) is 6.04 Å². The Balaban J connectivity index is 1.80. The Kier molecular flexibility index (Phi) is 3.53. The summed E-state index contributed by atoms with van der Waals surface area (Å²) < 4.78 is 22.5. The fourth-order valence-corrected chi connectivity index (χ4v) is 3.59. The molecule has 1 amide bonds. The first-order chi connectivity index (χ1) is 7.96. The summed E-state index contributed by atoms with van der Waals surface area (Å²) in [5.74, 6) is 0.284. The van der Waals surface area contributed by atoms with Crippen LogP contribution in [0.5, 0.6) is 0 Å². The molecule has 0 aromatic rings. The summed E-state index contributed by atoms with van der Waals surface area (Å²) >= 11 is 0. The van der Waals surface area contributed by atoms with E-state index in [4.69, 9.17) is 0 Å². The van der Waals surface area contributed by atoms with E-state index >= 15 is 0 Å². The van der Waals surface area contributed by atoms with Crippen molar-refractivity contribution in [3.63, 3.8) is 0 Å². The molecule has 0 radical (unpaired) electrons. The summed E-state index contributed by atoms with van der Waals surface area (Å²) in [5, 5.41) is 4.62. The number of rotatable bonds is 2. The molecule has 0 aliphatic carbocycles. The largest absolute Gasteiger partial charge is 0.343 e. The predicted molar refractivity (Wildman–Crippen MR) is 65.1 cm³/mol. The van der Waals surface area contributed by atoms with Gasteiger partial charge in [0, 0.05) is 37.5 Å². The second-order valence-corrected chi connectivity index (χ2v) is 6.64. The molecule has 1 unspecified atom stereocenters. The zero-order valence-corrected chi connectivity index (χ0v) is 10.7. The smallest absolute Gasteiger partial charge is 0.219 e. The normalized spacial score (nSPS) is 28.5. The quantitative estimate of drug-likeness (QED) is 0.751. The van der Waals surface area contributed by atoms with E-state index in [-0.39, 0.29) is 17.7 Å². The van der Waals surface area contributed by atoms with Crippen molar-refractivity contribution in [2.24, 2.45) is 0 Å². The maximum atomic E-state index is 11.2. The highest BCUT2D eigenvalue weighted by molar-refractivity contribution is 7.94. The average Bonchev–Trinajstić information content (AvgIpc) is 2.59. The molecule has 6 heteroatoms. The number of piperidine rings is 1. The highest BCUT2D eigenvalue weighted by Gasteiger charge is 2.26. The molecule has 0 aromatic heterocycles. The molecule has 1 fully saturated rings. The molecular formula is C11H18N2O3S. The number of hydrogen-bond donors (Lipinski definition) is 1. The van der Waals surface area contributed by atoms with E-state index in [0.717, 1.165) is 25.9 Å². The van der Waals surface area contributed by atoms with E-state index in [2.05, 4.69) is 5.32 Å². The van der Waals surface area contributed by atoms with Gasteiger partial charge in [0.15, 0.2) is 9.84 Å². The minimum atomic E-state index is -2.98. The molecule has 2 rings (SSSR count). The molecule has 2 aliphatic rings. The van der Waals surface area contributed by atoms with E-state index in [1.165, 1.54) is 5.41 Å². The fourth-order valence-electron chi connectivity index (χ4n) is 2.34. The van der Waals surface area contributed by atoms with Crippen LogP contribution in [-0.4, -0.2) is 50.2 Å². The lowest BCUT2D eigenvalue weighted by molar-refractivity contribution is -0.129. The fraction of sp³-hybridized carbons (Fsp3) is 0.727. The lowest BCUT2D eigenvalue weighted by Crippen LogP contribution is -2.47. The molecule has 1 N–H and O–H groups in total. The van der Waals surface area contributed by atoms with Gasteiger partial charge in [-0.15, -0.1) is 0 Å². The van der Waals surface area contributed by atoms with Crippen molar-refractivity contribution in [2.75, 3.05) is 18.8 Å². The zero-order chi connectivity index (χ0) is 12.5. The Bertz CT molecular complexity index is 422. The molecule has 5 nitrogen and oxygen atoms in total. The lowest BCUT2D eigenvalue weighted by Gasteiger charge is -2.32. The van der Waals surface area contributed by atoms with Crippen LogP contribution in [0.4, 0.5) is 0 Å². The van der Waals surface area contributed by atoms with Gasteiger partial charge in [0.25, 0.3) is 0 Å². The molecular weight excluding hydrogens is 240 g/mol. The van der Waals surface area contributed by atoms with E-state index in [1.54, 1.807) is 13.0 Å². The van der Waals surface area contributed by atoms with Crippen molar-refractivity contribution < 1.29 is 13.2 Å². The van der Waals surface area contributed by atoms with Gasteiger partial charge in [0.2, 0.25) is 5.91 Å². The second kappa shape index (κ2) is 4.78. The van der Waals surface area contributed by atoms with Crippen LogP contribution in [0.1, 0.15) is 19.8 Å². The van der Waals surface area contributed by atoms with Gasteiger partial charge in [0.05, 0.1) is 5.75 Å². The van der Waals surface area contributed by atoms with Gasteiger partial charge in [-0.1, -0.05) is 6.08 Å². The molecule has 1 saturated heterocycles. The number of amides is 1. The third kappa shape index (κ3) is 3.29. The summed E-state index contributed by atoms with van der Waals surface area (Å²) in [4.78, 5) is 13.0. The van der Waals surface area contributed by atoms with Crippen molar-refractivity contribution in [1.82, 2.24) is 10.2 Å². The molecule has 0 aromatic carbocycles. The maximum absolute atomic E-state index is 11.2. The molecule has 2 aliphatic heterocycles. The van der Waals surface area contributed by atoms with Gasteiger partial charge in [-0.25, -0.2) is 8.42 Å². The summed E-state index contributed by atoms with van der Waals surface area (Å²) in [5.41, 5.74) is 0. The van der Waals surface area contributed by atoms with Crippen molar-refractivity contribution in [2.45, 2.75) is 31.8 Å². The standard InChI is InChI=1S/C11H18N2O3S/c1-9(14)13-5-2-10(3-6-13)12-11-4-7-17(15,16)8-11/h4,7,10-12H,2-3,5-6,8H2,1H3. The van der Waals surface area contributed by atoms with Crippen LogP contribution in [0.25, 0.3) is 0 Å². The number of hydrogen-bond acceptors (Lipinski definition) is 4. The molecule has 1 atom stereocenters. The summed E-state index contributed by atoms with van der Waals surface area (Å²) in [7, 11) is -2.98. The Morgan fingerprint density at radius 1 is 1.35 bits per heavy atom. The monoisotopic (exact) mass is 258 g/mol. The van der Waals surface area contributed by atoms with Crippen molar-refractivity contribution >= 4 is 15.7 Å². The molecule has 2 heterocycles. The third-order valence-corrected chi connectivity index (χ3v) is 4.72. The van der Waals surface area contributed by atoms with E-state index < -0.39 is 9.84 Å².